The van der Waals surface area contributed by atoms with Crippen LogP contribution in [0.2, 0.25) is 0 Å². The van der Waals surface area contributed by atoms with E-state index in [0.717, 1.165) is 11.1 Å². The van der Waals surface area contributed by atoms with E-state index in [1.165, 1.54) is 0 Å². The number of benzene rings is 1. The SMILES string of the molecule is Cc1cccc([N-][N+](=O)[O-])c1C.[Li+]. The van der Waals surface area contributed by atoms with Crippen LogP contribution in [0.3, 0.4) is 0 Å². The van der Waals surface area contributed by atoms with Gasteiger partial charge in [0.15, 0.2) is 0 Å². The summed E-state index contributed by atoms with van der Waals surface area (Å²) >= 11 is 0. The molecular formula is C8H9LiN2O2. The van der Waals surface area contributed by atoms with Crippen molar-refractivity contribution < 1.29 is 23.9 Å². The second-order valence-electron chi connectivity index (χ2n) is 2.56. The zero-order chi connectivity index (χ0) is 9.14. The van der Waals surface area contributed by atoms with Gasteiger partial charge < -0.3 is 5.43 Å². The molecule has 0 unspecified atom stereocenters. The van der Waals surface area contributed by atoms with Gasteiger partial charge in [-0.2, -0.15) is 0 Å². The minimum Gasteiger partial charge on any atom is -0.349 e. The van der Waals surface area contributed by atoms with Gasteiger partial charge in [0, 0.05) is 0 Å². The quantitative estimate of drug-likeness (QED) is 0.343. The number of nitrogens with zero attached hydrogens (tertiary/aromatic N) is 2. The van der Waals surface area contributed by atoms with Crippen LogP contribution in [0.5, 0.6) is 0 Å². The van der Waals surface area contributed by atoms with E-state index in [-0.39, 0.29) is 18.9 Å². The van der Waals surface area contributed by atoms with E-state index in [0.29, 0.717) is 5.69 Å². The molecule has 0 N–H and O–H groups in total. The molecule has 1 aromatic rings. The van der Waals surface area contributed by atoms with Crippen molar-refractivity contribution in [2.45, 2.75) is 13.8 Å². The molecule has 0 spiro atoms. The summed E-state index contributed by atoms with van der Waals surface area (Å²) in [5.74, 6) is 0. The maximum Gasteiger partial charge on any atom is 1.00 e. The van der Waals surface area contributed by atoms with Gasteiger partial charge in [0.1, 0.15) is 0 Å². The Morgan fingerprint density at radius 3 is 2.54 bits per heavy atom. The molecule has 0 radical (unpaired) electrons. The van der Waals surface area contributed by atoms with Crippen molar-refractivity contribution in [1.82, 2.24) is 0 Å². The zero-order valence-electron chi connectivity index (χ0n) is 7.94. The van der Waals surface area contributed by atoms with Gasteiger partial charge >= 0.3 is 18.9 Å². The third kappa shape index (κ3) is 3.09. The Morgan fingerprint density at radius 1 is 1.38 bits per heavy atom. The van der Waals surface area contributed by atoms with E-state index in [9.17, 15) is 10.1 Å². The van der Waals surface area contributed by atoms with Crippen molar-refractivity contribution in [2.24, 2.45) is 0 Å². The molecule has 1 rings (SSSR count). The van der Waals surface area contributed by atoms with Gasteiger partial charge in [-0.15, -0.1) is 0 Å². The second-order valence-corrected chi connectivity index (χ2v) is 2.56. The zero-order valence-corrected chi connectivity index (χ0v) is 7.94. The molecule has 0 aliphatic carbocycles. The molecular weight excluding hydrogens is 163 g/mol. The topological polar surface area (TPSA) is 57.2 Å². The van der Waals surface area contributed by atoms with Crippen LogP contribution < -0.4 is 18.9 Å². The largest absolute Gasteiger partial charge is 1.00 e. The predicted octanol–water partition coefficient (Wildman–Crippen LogP) is -0.496. The molecule has 0 atom stereocenters. The third-order valence-electron chi connectivity index (χ3n) is 1.77. The van der Waals surface area contributed by atoms with Gasteiger partial charge in [0.05, 0.1) is 0 Å². The first-order valence-electron chi connectivity index (χ1n) is 3.53. The maximum absolute atomic E-state index is 10.1. The van der Waals surface area contributed by atoms with E-state index in [2.05, 4.69) is 5.43 Å². The molecule has 13 heavy (non-hydrogen) atoms. The van der Waals surface area contributed by atoms with Crippen LogP contribution in [0.25, 0.3) is 5.43 Å². The smallest absolute Gasteiger partial charge is 0.349 e. The molecule has 5 heteroatoms. The minimum absolute atomic E-state index is 0. The van der Waals surface area contributed by atoms with Crippen LogP contribution in [0.15, 0.2) is 18.2 Å². The Morgan fingerprint density at radius 2 is 2.00 bits per heavy atom. The van der Waals surface area contributed by atoms with Gasteiger partial charge in [-0.1, -0.05) is 29.4 Å². The fraction of sp³-hybridized carbons (Fsp3) is 0.250. The summed E-state index contributed by atoms with van der Waals surface area (Å²) in [6.07, 6.45) is 0. The molecule has 1 aromatic carbocycles. The Bertz CT molecular complexity index is 315. The van der Waals surface area contributed by atoms with Crippen molar-refractivity contribution in [1.29, 1.82) is 0 Å². The normalized spacial score (nSPS) is 8.77. The van der Waals surface area contributed by atoms with E-state index < -0.39 is 5.03 Å². The first kappa shape index (κ1) is 12.0. The minimum atomic E-state index is -0.679. The summed E-state index contributed by atoms with van der Waals surface area (Å²) in [6, 6.07) is 5.28. The summed E-state index contributed by atoms with van der Waals surface area (Å²) in [6.45, 7) is 3.71. The molecule has 0 aliphatic heterocycles. The standard InChI is InChI=1S/C8H9N2O2.Li/c1-6-4-3-5-8(7(6)2)9-10(11)12;/h3-5H,1-2H3;/q-1;+1. The summed E-state index contributed by atoms with van der Waals surface area (Å²) in [5.41, 5.74) is 5.54. The second kappa shape index (κ2) is 4.90. The number of rotatable bonds is 2. The average molecular weight is 172 g/mol. The van der Waals surface area contributed by atoms with E-state index >= 15 is 0 Å². The van der Waals surface area contributed by atoms with Crippen LogP contribution in [0, 0.1) is 24.0 Å². The molecule has 0 fully saturated rings. The number of nitro groups is 1. The summed E-state index contributed by atoms with van der Waals surface area (Å²) in [5, 5.41) is 9.39. The molecule has 0 bridgehead atoms. The number of hydrogen-bond acceptors (Lipinski definition) is 2. The summed E-state index contributed by atoms with van der Waals surface area (Å²) in [4.78, 5) is 10.1. The first-order valence-corrected chi connectivity index (χ1v) is 3.53. The van der Waals surface area contributed by atoms with Gasteiger partial charge in [0.2, 0.25) is 0 Å². The van der Waals surface area contributed by atoms with Gasteiger partial charge in [-0.25, -0.2) is 0 Å². The van der Waals surface area contributed by atoms with Crippen LogP contribution >= 0.6 is 0 Å². The Labute approximate surface area is 88.6 Å². The van der Waals surface area contributed by atoms with E-state index in [1.54, 1.807) is 12.1 Å². The number of aryl methyl sites for hydroxylation is 1. The van der Waals surface area contributed by atoms with Crippen molar-refractivity contribution in [3.63, 3.8) is 0 Å². The van der Waals surface area contributed by atoms with Crippen LogP contribution in [-0.4, -0.2) is 5.03 Å². The van der Waals surface area contributed by atoms with Crippen molar-refractivity contribution in [3.05, 3.63) is 44.9 Å². The molecule has 0 amide bonds. The Kier molecular flexibility index (Phi) is 4.53. The molecule has 0 saturated heterocycles. The average Bonchev–Trinajstić information content (AvgIpc) is 1.98. The summed E-state index contributed by atoms with van der Waals surface area (Å²) < 4.78 is 0. The number of hydrogen-bond donors (Lipinski definition) is 0. The van der Waals surface area contributed by atoms with E-state index in [4.69, 9.17) is 0 Å². The molecule has 0 saturated carbocycles. The fourth-order valence-electron chi connectivity index (χ4n) is 0.932. The maximum atomic E-state index is 10.1. The van der Waals surface area contributed by atoms with Gasteiger partial charge in [-0.05, 0) is 24.4 Å². The summed E-state index contributed by atoms with van der Waals surface area (Å²) in [7, 11) is 0. The Balaban J connectivity index is 0.00000144. The molecule has 0 aromatic heterocycles. The molecule has 0 heterocycles. The van der Waals surface area contributed by atoms with Gasteiger partial charge in [0.25, 0.3) is 0 Å². The van der Waals surface area contributed by atoms with Crippen LogP contribution in [-0.2, 0) is 0 Å². The van der Waals surface area contributed by atoms with Crippen molar-refractivity contribution in [2.75, 3.05) is 0 Å². The third-order valence-corrected chi connectivity index (χ3v) is 1.77. The van der Waals surface area contributed by atoms with Crippen molar-refractivity contribution in [3.8, 4) is 0 Å². The predicted molar refractivity (Wildman–Crippen MR) is 45.9 cm³/mol. The fourth-order valence-corrected chi connectivity index (χ4v) is 0.932. The Hall–Kier alpha value is -0.983. The van der Waals surface area contributed by atoms with E-state index in [1.807, 2.05) is 19.9 Å². The monoisotopic (exact) mass is 172 g/mol. The van der Waals surface area contributed by atoms with Crippen LogP contribution in [0.1, 0.15) is 11.1 Å². The van der Waals surface area contributed by atoms with Gasteiger partial charge in [-0.3, -0.25) is 10.1 Å². The molecule has 0 aliphatic rings. The first-order chi connectivity index (χ1) is 5.61. The van der Waals surface area contributed by atoms with Crippen LogP contribution in [0.4, 0.5) is 5.69 Å². The molecule has 64 valence electrons. The molecule has 4 nitrogen and oxygen atoms in total. The van der Waals surface area contributed by atoms with Crippen molar-refractivity contribution >= 4 is 5.69 Å².